The molecular weight excluding hydrogens is 316 g/mol. The number of amides is 1. The van der Waals surface area contributed by atoms with Crippen molar-refractivity contribution in [2.75, 3.05) is 13.1 Å². The molecule has 0 saturated carbocycles. The van der Waals surface area contributed by atoms with Crippen molar-refractivity contribution in [1.29, 1.82) is 0 Å². The maximum Gasteiger partial charge on any atom is 0.308 e. The van der Waals surface area contributed by atoms with Crippen molar-refractivity contribution in [1.82, 2.24) is 9.88 Å². The number of likely N-dealkylation sites (tertiary alicyclic amines) is 1. The van der Waals surface area contributed by atoms with Gasteiger partial charge in [-0.1, -0.05) is 0 Å². The number of furan rings is 1. The van der Waals surface area contributed by atoms with Gasteiger partial charge in [-0.2, -0.15) is 0 Å². The molecule has 7 heteroatoms. The number of aromatic nitrogens is 1. The highest BCUT2D eigenvalue weighted by molar-refractivity contribution is 7.17. The van der Waals surface area contributed by atoms with Crippen molar-refractivity contribution in [3.8, 4) is 10.8 Å². The molecule has 0 spiro atoms. The summed E-state index contributed by atoms with van der Waals surface area (Å²) in [4.78, 5) is 30.5. The maximum absolute atomic E-state index is 12.7. The SMILES string of the molecule is Cc1ccc(-c2nc(C)c(C(=O)N3CCC[C@H](C(=O)O)C3)s2)o1. The lowest BCUT2D eigenvalue weighted by Gasteiger charge is -2.30. The summed E-state index contributed by atoms with van der Waals surface area (Å²) < 4.78 is 5.56. The largest absolute Gasteiger partial charge is 0.481 e. The standard InChI is InChI=1S/C16H18N2O4S/c1-9-5-6-12(22-9)14-17-10(2)13(23-14)15(19)18-7-3-4-11(8-18)16(20)21/h5-6,11H,3-4,7-8H2,1-2H3,(H,20,21)/t11-/m0/s1. The Morgan fingerprint density at radius 1 is 1.39 bits per heavy atom. The third-order valence-electron chi connectivity index (χ3n) is 4.00. The topological polar surface area (TPSA) is 83.6 Å². The minimum atomic E-state index is -0.838. The van der Waals surface area contributed by atoms with Crippen LogP contribution in [0.2, 0.25) is 0 Å². The second-order valence-corrected chi connectivity index (χ2v) is 6.77. The van der Waals surface area contributed by atoms with Crippen LogP contribution in [0.5, 0.6) is 0 Å². The fraction of sp³-hybridized carbons (Fsp3) is 0.438. The minimum absolute atomic E-state index is 0.138. The second-order valence-electron chi connectivity index (χ2n) is 5.77. The van der Waals surface area contributed by atoms with E-state index in [0.717, 1.165) is 5.76 Å². The quantitative estimate of drug-likeness (QED) is 0.933. The minimum Gasteiger partial charge on any atom is -0.481 e. The Balaban J connectivity index is 1.82. The lowest BCUT2D eigenvalue weighted by Crippen LogP contribution is -2.42. The first-order valence-corrected chi connectivity index (χ1v) is 8.33. The molecule has 1 fully saturated rings. The van der Waals surface area contributed by atoms with Crippen LogP contribution in [0.25, 0.3) is 10.8 Å². The molecule has 1 amide bonds. The van der Waals surface area contributed by atoms with Crippen LogP contribution in [-0.2, 0) is 4.79 Å². The van der Waals surface area contributed by atoms with E-state index in [0.29, 0.717) is 40.7 Å². The summed E-state index contributed by atoms with van der Waals surface area (Å²) in [5.74, 6) is -0.0124. The van der Waals surface area contributed by atoms with Crippen LogP contribution in [-0.4, -0.2) is 40.0 Å². The van der Waals surface area contributed by atoms with Crippen LogP contribution in [0.1, 0.15) is 34.0 Å². The lowest BCUT2D eigenvalue weighted by molar-refractivity contribution is -0.143. The molecule has 0 aromatic carbocycles. The molecule has 1 aliphatic heterocycles. The van der Waals surface area contributed by atoms with E-state index >= 15 is 0 Å². The van der Waals surface area contributed by atoms with Crippen molar-refractivity contribution in [3.05, 3.63) is 28.5 Å². The van der Waals surface area contributed by atoms with Crippen molar-refractivity contribution >= 4 is 23.2 Å². The van der Waals surface area contributed by atoms with E-state index in [2.05, 4.69) is 4.98 Å². The average molecular weight is 334 g/mol. The molecule has 1 N–H and O–H groups in total. The van der Waals surface area contributed by atoms with Gasteiger partial charge in [-0.25, -0.2) is 4.98 Å². The summed E-state index contributed by atoms with van der Waals surface area (Å²) >= 11 is 1.29. The zero-order valence-corrected chi connectivity index (χ0v) is 13.9. The molecule has 3 heterocycles. The molecule has 1 aliphatic rings. The number of piperidine rings is 1. The predicted molar refractivity (Wildman–Crippen MR) is 85.6 cm³/mol. The maximum atomic E-state index is 12.7. The van der Waals surface area contributed by atoms with E-state index in [1.54, 1.807) is 11.8 Å². The highest BCUT2D eigenvalue weighted by Gasteiger charge is 2.30. The Labute approximate surface area is 137 Å². The fourth-order valence-electron chi connectivity index (χ4n) is 2.76. The number of aliphatic carboxylic acids is 1. The summed E-state index contributed by atoms with van der Waals surface area (Å²) in [7, 11) is 0. The van der Waals surface area contributed by atoms with Gasteiger partial charge in [0.2, 0.25) is 0 Å². The molecule has 2 aromatic heterocycles. The summed E-state index contributed by atoms with van der Waals surface area (Å²) in [6.45, 7) is 4.51. The molecule has 23 heavy (non-hydrogen) atoms. The number of nitrogens with zero attached hydrogens (tertiary/aromatic N) is 2. The molecular formula is C16H18N2O4S. The summed E-state index contributed by atoms with van der Waals surface area (Å²) in [6.07, 6.45) is 1.34. The fourth-order valence-corrected chi connectivity index (χ4v) is 3.75. The molecule has 122 valence electrons. The molecule has 0 radical (unpaired) electrons. The first-order chi connectivity index (χ1) is 11.0. The van der Waals surface area contributed by atoms with Crippen LogP contribution in [0.15, 0.2) is 16.5 Å². The van der Waals surface area contributed by atoms with E-state index in [1.165, 1.54) is 11.3 Å². The van der Waals surface area contributed by atoms with Gasteiger partial charge in [-0.3, -0.25) is 9.59 Å². The number of hydrogen-bond donors (Lipinski definition) is 1. The van der Waals surface area contributed by atoms with Gasteiger partial charge >= 0.3 is 5.97 Å². The van der Waals surface area contributed by atoms with Gasteiger partial charge < -0.3 is 14.4 Å². The van der Waals surface area contributed by atoms with Gasteiger partial charge in [-0.05, 0) is 38.8 Å². The van der Waals surface area contributed by atoms with Gasteiger partial charge in [0.15, 0.2) is 10.8 Å². The summed E-state index contributed by atoms with van der Waals surface area (Å²) in [5.41, 5.74) is 0.654. The van der Waals surface area contributed by atoms with E-state index in [9.17, 15) is 9.59 Å². The van der Waals surface area contributed by atoms with Crippen LogP contribution in [0.3, 0.4) is 0 Å². The highest BCUT2D eigenvalue weighted by atomic mass is 32.1. The Kier molecular flexibility index (Phi) is 4.21. The van der Waals surface area contributed by atoms with Crippen molar-refractivity contribution < 1.29 is 19.1 Å². The number of rotatable bonds is 3. The van der Waals surface area contributed by atoms with Gasteiger partial charge in [0, 0.05) is 13.1 Å². The number of thiazole rings is 1. The zero-order valence-electron chi connectivity index (χ0n) is 13.0. The number of carboxylic acids is 1. The number of hydrogen-bond acceptors (Lipinski definition) is 5. The smallest absolute Gasteiger partial charge is 0.308 e. The molecule has 0 bridgehead atoms. The number of carboxylic acid groups (broad SMARTS) is 1. The molecule has 0 aliphatic carbocycles. The van der Waals surface area contributed by atoms with Crippen LogP contribution in [0.4, 0.5) is 0 Å². The van der Waals surface area contributed by atoms with Crippen molar-refractivity contribution in [2.24, 2.45) is 5.92 Å². The van der Waals surface area contributed by atoms with E-state index in [4.69, 9.17) is 9.52 Å². The highest BCUT2D eigenvalue weighted by Crippen LogP contribution is 2.31. The Morgan fingerprint density at radius 2 is 2.17 bits per heavy atom. The second kappa shape index (κ2) is 6.16. The van der Waals surface area contributed by atoms with Crippen LogP contribution >= 0.6 is 11.3 Å². The van der Waals surface area contributed by atoms with Gasteiger partial charge in [0.1, 0.15) is 10.6 Å². The number of carbonyl (C=O) groups excluding carboxylic acids is 1. The molecule has 6 nitrogen and oxygen atoms in total. The Bertz CT molecular complexity index is 749. The Morgan fingerprint density at radius 3 is 2.83 bits per heavy atom. The van der Waals surface area contributed by atoms with Crippen molar-refractivity contribution in [3.63, 3.8) is 0 Å². The summed E-state index contributed by atoms with van der Waals surface area (Å²) in [5, 5.41) is 9.83. The lowest BCUT2D eigenvalue weighted by atomic mass is 9.98. The van der Waals surface area contributed by atoms with E-state index < -0.39 is 11.9 Å². The molecule has 1 saturated heterocycles. The van der Waals surface area contributed by atoms with Gasteiger partial charge in [-0.15, -0.1) is 11.3 Å². The molecule has 0 unspecified atom stereocenters. The predicted octanol–water partition coefficient (Wildman–Crippen LogP) is 2.96. The Hall–Kier alpha value is -2.15. The van der Waals surface area contributed by atoms with E-state index in [1.807, 2.05) is 19.1 Å². The van der Waals surface area contributed by atoms with Gasteiger partial charge in [0.25, 0.3) is 5.91 Å². The number of carbonyl (C=O) groups is 2. The number of aryl methyl sites for hydroxylation is 2. The van der Waals surface area contributed by atoms with Crippen molar-refractivity contribution in [2.45, 2.75) is 26.7 Å². The molecule has 1 atom stereocenters. The monoisotopic (exact) mass is 334 g/mol. The summed E-state index contributed by atoms with van der Waals surface area (Å²) in [6, 6.07) is 3.69. The zero-order chi connectivity index (χ0) is 16.6. The van der Waals surface area contributed by atoms with Gasteiger partial charge in [0.05, 0.1) is 11.6 Å². The van der Waals surface area contributed by atoms with Crippen LogP contribution < -0.4 is 0 Å². The van der Waals surface area contributed by atoms with Crippen LogP contribution in [0, 0.1) is 19.8 Å². The normalized spacial score (nSPS) is 18.2. The molecule has 2 aromatic rings. The van der Waals surface area contributed by atoms with E-state index in [-0.39, 0.29) is 12.5 Å². The molecule has 3 rings (SSSR count). The third-order valence-corrected chi connectivity index (χ3v) is 5.16. The third kappa shape index (κ3) is 3.14. The first kappa shape index (κ1) is 15.7. The first-order valence-electron chi connectivity index (χ1n) is 7.52. The average Bonchev–Trinajstić information content (AvgIpc) is 3.12.